The first kappa shape index (κ1) is 10.3. The molecule has 1 heterocycles. The summed E-state index contributed by atoms with van der Waals surface area (Å²) in [5.41, 5.74) is 1.02. The highest BCUT2D eigenvalue weighted by atomic mass is 16.2. The summed E-state index contributed by atoms with van der Waals surface area (Å²) in [6, 6.07) is 0.0457. The number of hydrogen-bond donors (Lipinski definition) is 1. The van der Waals surface area contributed by atoms with Crippen LogP contribution in [0.3, 0.4) is 0 Å². The van der Waals surface area contributed by atoms with Crippen LogP contribution < -0.4 is 5.32 Å². The van der Waals surface area contributed by atoms with E-state index in [-0.39, 0.29) is 11.9 Å². The van der Waals surface area contributed by atoms with E-state index >= 15 is 0 Å². The molecule has 0 aliphatic carbocycles. The van der Waals surface area contributed by atoms with Gasteiger partial charge in [-0.3, -0.25) is 4.79 Å². The van der Waals surface area contributed by atoms with E-state index in [4.69, 9.17) is 0 Å². The van der Waals surface area contributed by atoms with Crippen molar-refractivity contribution < 1.29 is 4.79 Å². The second-order valence-corrected chi connectivity index (χ2v) is 3.80. The van der Waals surface area contributed by atoms with Gasteiger partial charge < -0.3 is 10.2 Å². The molecule has 3 nitrogen and oxygen atoms in total. The second-order valence-electron chi connectivity index (χ2n) is 3.80. The first-order valence-electron chi connectivity index (χ1n) is 4.74. The Hall–Kier alpha value is -0.830. The molecule has 1 atom stereocenters. The van der Waals surface area contributed by atoms with Crippen LogP contribution in [0.15, 0.2) is 12.2 Å². The number of amides is 1. The first-order chi connectivity index (χ1) is 6.11. The number of carbonyl (C=O) groups excluding carboxylic acids is 1. The van der Waals surface area contributed by atoms with Crippen molar-refractivity contribution >= 4 is 5.91 Å². The molecule has 0 radical (unpaired) electrons. The average Bonchev–Trinajstić information content (AvgIpc) is 2.53. The summed E-state index contributed by atoms with van der Waals surface area (Å²) in [5.74, 6) is 0.195. The van der Waals surface area contributed by atoms with Crippen LogP contribution in [0.25, 0.3) is 0 Å². The van der Waals surface area contributed by atoms with Gasteiger partial charge in [0.1, 0.15) is 0 Å². The van der Waals surface area contributed by atoms with Crippen molar-refractivity contribution in [2.45, 2.75) is 25.8 Å². The fourth-order valence-electron chi connectivity index (χ4n) is 1.64. The average molecular weight is 182 g/mol. The van der Waals surface area contributed by atoms with E-state index < -0.39 is 0 Å². The molecule has 3 heteroatoms. The molecule has 1 aliphatic heterocycles. The number of nitrogens with one attached hydrogen (secondary N) is 1. The monoisotopic (exact) mass is 182 g/mol. The summed E-state index contributed by atoms with van der Waals surface area (Å²) >= 11 is 0. The molecule has 0 spiro atoms. The van der Waals surface area contributed by atoms with Gasteiger partial charge in [-0.25, -0.2) is 0 Å². The van der Waals surface area contributed by atoms with E-state index in [2.05, 4.69) is 11.9 Å². The highest BCUT2D eigenvalue weighted by Crippen LogP contribution is 2.08. The van der Waals surface area contributed by atoms with Crippen molar-refractivity contribution in [3.05, 3.63) is 12.2 Å². The lowest BCUT2D eigenvalue weighted by atomic mass is 10.2. The van der Waals surface area contributed by atoms with Crippen LogP contribution in [0, 0.1) is 0 Å². The van der Waals surface area contributed by atoms with Gasteiger partial charge >= 0.3 is 0 Å². The predicted molar refractivity (Wildman–Crippen MR) is 53.5 cm³/mol. The summed E-state index contributed by atoms with van der Waals surface area (Å²) in [6.07, 6.45) is 2.08. The second kappa shape index (κ2) is 4.42. The van der Waals surface area contributed by atoms with Gasteiger partial charge in [-0.2, -0.15) is 0 Å². The van der Waals surface area contributed by atoms with E-state index in [1.807, 2.05) is 14.0 Å². The van der Waals surface area contributed by atoms with Crippen LogP contribution in [0.2, 0.25) is 0 Å². The number of nitrogens with zero attached hydrogens (tertiary/aromatic N) is 1. The Morgan fingerprint density at radius 3 is 2.85 bits per heavy atom. The predicted octanol–water partition coefficient (Wildman–Crippen LogP) is 0.773. The summed E-state index contributed by atoms with van der Waals surface area (Å²) in [7, 11) is 1.83. The Morgan fingerprint density at radius 1 is 1.69 bits per heavy atom. The molecule has 0 saturated carbocycles. The maximum Gasteiger partial charge on any atom is 0.239 e. The van der Waals surface area contributed by atoms with Crippen LogP contribution in [-0.4, -0.2) is 37.0 Å². The third kappa shape index (κ3) is 2.84. The van der Waals surface area contributed by atoms with E-state index in [0.29, 0.717) is 6.54 Å². The zero-order valence-electron chi connectivity index (χ0n) is 8.47. The van der Waals surface area contributed by atoms with Crippen LogP contribution >= 0.6 is 0 Å². The Balaban J connectivity index is 2.41. The smallest absolute Gasteiger partial charge is 0.239 e. The highest BCUT2D eigenvalue weighted by molar-refractivity contribution is 5.82. The lowest BCUT2D eigenvalue weighted by molar-refractivity contribution is -0.131. The lowest BCUT2D eigenvalue weighted by Crippen LogP contribution is -2.42. The molecular weight excluding hydrogens is 164 g/mol. The van der Waals surface area contributed by atoms with Crippen LogP contribution in [0.5, 0.6) is 0 Å². The first-order valence-corrected chi connectivity index (χ1v) is 4.74. The summed E-state index contributed by atoms with van der Waals surface area (Å²) < 4.78 is 0. The zero-order chi connectivity index (χ0) is 9.84. The van der Waals surface area contributed by atoms with Crippen molar-refractivity contribution in [1.29, 1.82) is 0 Å². The number of carbonyl (C=O) groups is 1. The van der Waals surface area contributed by atoms with Gasteiger partial charge in [-0.05, 0) is 26.3 Å². The van der Waals surface area contributed by atoms with Gasteiger partial charge in [-0.1, -0.05) is 12.2 Å². The SMILES string of the molecule is C=C(C)CN(C)C(=O)[C@@H]1CCCN1. The Morgan fingerprint density at radius 2 is 2.38 bits per heavy atom. The zero-order valence-corrected chi connectivity index (χ0v) is 8.47. The molecule has 0 aromatic carbocycles. The fraction of sp³-hybridized carbons (Fsp3) is 0.700. The molecule has 0 aromatic heterocycles. The van der Waals surface area contributed by atoms with Gasteiger partial charge in [0, 0.05) is 13.6 Å². The van der Waals surface area contributed by atoms with Gasteiger partial charge in [0.2, 0.25) is 5.91 Å². The van der Waals surface area contributed by atoms with Crippen molar-refractivity contribution in [1.82, 2.24) is 10.2 Å². The Kier molecular flexibility index (Phi) is 3.48. The van der Waals surface area contributed by atoms with Crippen molar-refractivity contribution in [3.63, 3.8) is 0 Å². The van der Waals surface area contributed by atoms with E-state index in [1.165, 1.54) is 0 Å². The van der Waals surface area contributed by atoms with Crippen molar-refractivity contribution in [3.8, 4) is 0 Å². The largest absolute Gasteiger partial charge is 0.340 e. The minimum Gasteiger partial charge on any atom is -0.340 e. The van der Waals surface area contributed by atoms with Crippen LogP contribution in [-0.2, 0) is 4.79 Å². The standard InChI is InChI=1S/C10H18N2O/c1-8(2)7-12(3)10(13)9-5-4-6-11-9/h9,11H,1,4-7H2,2-3H3/t9-/m0/s1. The molecule has 1 N–H and O–H groups in total. The van der Waals surface area contributed by atoms with Crippen LogP contribution in [0.1, 0.15) is 19.8 Å². The molecular formula is C10H18N2O. The molecule has 13 heavy (non-hydrogen) atoms. The molecule has 1 rings (SSSR count). The third-order valence-corrected chi connectivity index (χ3v) is 2.24. The maximum atomic E-state index is 11.7. The maximum absolute atomic E-state index is 11.7. The number of rotatable bonds is 3. The molecule has 74 valence electrons. The molecule has 1 fully saturated rings. The molecule has 0 bridgehead atoms. The summed E-state index contributed by atoms with van der Waals surface area (Å²) in [6.45, 7) is 7.36. The van der Waals surface area contributed by atoms with E-state index in [1.54, 1.807) is 4.90 Å². The number of likely N-dealkylation sites (N-methyl/N-ethyl adjacent to an activating group) is 1. The summed E-state index contributed by atoms with van der Waals surface area (Å²) in [4.78, 5) is 13.4. The number of hydrogen-bond acceptors (Lipinski definition) is 2. The van der Waals surface area contributed by atoms with Gasteiger partial charge in [0.25, 0.3) is 0 Å². The minimum atomic E-state index is 0.0457. The highest BCUT2D eigenvalue weighted by Gasteiger charge is 2.24. The molecule has 1 amide bonds. The van der Waals surface area contributed by atoms with Gasteiger partial charge in [0.15, 0.2) is 0 Å². The summed E-state index contributed by atoms with van der Waals surface area (Å²) in [5, 5.41) is 3.19. The minimum absolute atomic E-state index is 0.0457. The molecule has 1 aliphatic rings. The van der Waals surface area contributed by atoms with Gasteiger partial charge in [0.05, 0.1) is 6.04 Å². The van der Waals surface area contributed by atoms with Gasteiger partial charge in [-0.15, -0.1) is 0 Å². The van der Waals surface area contributed by atoms with Crippen LogP contribution in [0.4, 0.5) is 0 Å². The Labute approximate surface area is 79.8 Å². The quantitative estimate of drug-likeness (QED) is 0.654. The lowest BCUT2D eigenvalue weighted by Gasteiger charge is -2.20. The normalized spacial score (nSPS) is 21.5. The van der Waals surface area contributed by atoms with Crippen molar-refractivity contribution in [2.75, 3.05) is 20.1 Å². The van der Waals surface area contributed by atoms with E-state index in [0.717, 1.165) is 25.0 Å². The Bertz CT molecular complexity index is 207. The fourth-order valence-corrected chi connectivity index (χ4v) is 1.64. The third-order valence-electron chi connectivity index (χ3n) is 2.24. The topological polar surface area (TPSA) is 32.3 Å². The van der Waals surface area contributed by atoms with E-state index in [9.17, 15) is 4.79 Å². The molecule has 0 aromatic rings. The molecule has 0 unspecified atom stereocenters. The molecule has 1 saturated heterocycles. The van der Waals surface area contributed by atoms with Crippen molar-refractivity contribution in [2.24, 2.45) is 0 Å².